The fourth-order valence-electron chi connectivity index (χ4n) is 0.642. The Bertz CT molecular complexity index is 76.8. The molecule has 0 bridgehead atoms. The second kappa shape index (κ2) is 15.7. The van der Waals surface area contributed by atoms with Crippen molar-refractivity contribution in [1.29, 1.82) is 0 Å². The first-order valence-corrected chi connectivity index (χ1v) is 5.19. The average Bonchev–Trinajstić information content (AvgIpc) is 2.96. The number of hydrogen-bond acceptors (Lipinski definition) is 0. The van der Waals surface area contributed by atoms with Gasteiger partial charge in [0, 0.05) is 0 Å². The van der Waals surface area contributed by atoms with Crippen molar-refractivity contribution in [3.8, 4) is 0 Å². The summed E-state index contributed by atoms with van der Waals surface area (Å²) in [4.78, 5) is 0. The monoisotopic (exact) mass is 248 g/mol. The molecule has 10 radical (unpaired) electrons. The minimum atomic E-state index is 0. The fraction of sp³-hybridized carbons (Fsp3) is 0.200. The van der Waals surface area contributed by atoms with Crippen LogP contribution in [0.3, 0.4) is 0 Å². The molecular weight excluding hydrogens is 228 g/mol. The van der Waals surface area contributed by atoms with Crippen LogP contribution in [-0.2, 0) is 21.7 Å². The first-order valence-electron chi connectivity index (χ1n) is 5.19. The minimum absolute atomic E-state index is 0. The molecular formula is C15H20Ti. The molecule has 0 aromatic rings. The van der Waals surface area contributed by atoms with Gasteiger partial charge in [-0.2, -0.15) is 13.8 Å². The van der Waals surface area contributed by atoms with Crippen molar-refractivity contribution < 1.29 is 21.7 Å². The zero-order valence-corrected chi connectivity index (χ0v) is 11.7. The van der Waals surface area contributed by atoms with Crippen LogP contribution in [0.4, 0.5) is 0 Å². The molecule has 0 saturated heterocycles. The van der Waals surface area contributed by atoms with Crippen LogP contribution in [0.15, 0.2) is 0 Å². The van der Waals surface area contributed by atoms with Crippen molar-refractivity contribution in [3.63, 3.8) is 0 Å². The van der Waals surface area contributed by atoms with Gasteiger partial charge in [-0.3, -0.25) is 0 Å². The normalized spacial score (nSPS) is 18.0. The van der Waals surface area contributed by atoms with Crippen LogP contribution >= 0.6 is 0 Å². The van der Waals surface area contributed by atoms with Gasteiger partial charge in [-0.15, -0.1) is 0 Å². The molecule has 2 fully saturated rings. The average molecular weight is 248 g/mol. The standard InChI is InChI=1S/2C5H5.C5H10.Ti/c2*1-2-4-5-3-1;1-4-5(2)3;/h2*1-5H;1,4H2,2-3H3;/q;;-2;+2. The van der Waals surface area contributed by atoms with E-state index in [9.17, 15) is 0 Å². The summed E-state index contributed by atoms with van der Waals surface area (Å²) in [5.74, 6) is 1.39. The summed E-state index contributed by atoms with van der Waals surface area (Å²) in [5, 5.41) is 0. The van der Waals surface area contributed by atoms with Gasteiger partial charge in [-0.25, -0.2) is 0 Å². The van der Waals surface area contributed by atoms with E-state index in [-0.39, 0.29) is 21.7 Å². The first-order chi connectivity index (χ1) is 7.27. The molecule has 0 aliphatic heterocycles. The van der Waals surface area contributed by atoms with E-state index in [1.54, 1.807) is 0 Å². The van der Waals surface area contributed by atoms with E-state index in [0.717, 1.165) is 6.42 Å². The number of hydrogen-bond donors (Lipinski definition) is 0. The van der Waals surface area contributed by atoms with Crippen molar-refractivity contribution in [2.24, 2.45) is 0 Å². The minimum Gasteiger partial charge on any atom is -0.372 e. The third-order valence-corrected chi connectivity index (χ3v) is 1.61. The summed E-state index contributed by atoms with van der Waals surface area (Å²) < 4.78 is 0. The van der Waals surface area contributed by atoms with Gasteiger partial charge in [0.1, 0.15) is 0 Å². The molecule has 2 saturated carbocycles. The van der Waals surface area contributed by atoms with Gasteiger partial charge >= 0.3 is 21.7 Å². The van der Waals surface area contributed by atoms with Gasteiger partial charge in [0.25, 0.3) is 0 Å². The smallest absolute Gasteiger partial charge is 0.372 e. The van der Waals surface area contributed by atoms with Gasteiger partial charge < -0.3 is 19.3 Å². The molecule has 1 heteroatoms. The molecule has 0 nitrogen and oxygen atoms in total. The van der Waals surface area contributed by atoms with Crippen LogP contribution in [0.5, 0.6) is 0 Å². The van der Waals surface area contributed by atoms with Gasteiger partial charge in [-0.1, -0.05) is 0 Å². The maximum Gasteiger partial charge on any atom is 2.00 e. The third-order valence-electron chi connectivity index (χ3n) is 1.61. The molecule has 16 heavy (non-hydrogen) atoms. The Morgan fingerprint density at radius 2 is 0.812 bits per heavy atom. The molecule has 2 aliphatic carbocycles. The zero-order valence-electron chi connectivity index (χ0n) is 10.2. The fourth-order valence-corrected chi connectivity index (χ4v) is 0.642. The second-order valence-electron chi connectivity index (χ2n) is 3.38. The molecule has 0 aromatic carbocycles. The summed E-state index contributed by atoms with van der Waals surface area (Å²) in [7, 11) is 0. The quantitative estimate of drug-likeness (QED) is 0.488. The Labute approximate surface area is 119 Å². The number of rotatable bonds is 1. The van der Waals surface area contributed by atoms with Crippen LogP contribution in [-0.4, -0.2) is 0 Å². The van der Waals surface area contributed by atoms with E-state index in [1.807, 2.05) is 64.2 Å². The van der Waals surface area contributed by atoms with E-state index >= 15 is 0 Å². The van der Waals surface area contributed by atoms with Crippen LogP contribution in [0.2, 0.25) is 0 Å². The van der Waals surface area contributed by atoms with Crippen LogP contribution in [0, 0.1) is 77.0 Å². The summed E-state index contributed by atoms with van der Waals surface area (Å²) in [6, 6.07) is 0. The van der Waals surface area contributed by atoms with E-state index in [0.29, 0.717) is 0 Å². The van der Waals surface area contributed by atoms with Gasteiger partial charge in [0.2, 0.25) is 0 Å². The Kier molecular flexibility index (Phi) is 18.7. The van der Waals surface area contributed by atoms with Crippen LogP contribution in [0.1, 0.15) is 20.3 Å². The van der Waals surface area contributed by atoms with Gasteiger partial charge in [0.15, 0.2) is 0 Å². The topological polar surface area (TPSA) is 0 Å². The largest absolute Gasteiger partial charge is 2.00 e. The van der Waals surface area contributed by atoms with Crippen molar-refractivity contribution >= 4 is 0 Å². The molecule has 84 valence electrons. The Hall–Kier alpha value is 0.714. The maximum absolute atomic E-state index is 3.65. The summed E-state index contributed by atoms with van der Waals surface area (Å²) >= 11 is 0. The van der Waals surface area contributed by atoms with Crippen molar-refractivity contribution in [1.82, 2.24) is 0 Å². The maximum atomic E-state index is 3.65. The van der Waals surface area contributed by atoms with Crippen LogP contribution in [0.25, 0.3) is 0 Å². The van der Waals surface area contributed by atoms with Crippen molar-refractivity contribution in [3.05, 3.63) is 77.0 Å². The van der Waals surface area contributed by atoms with E-state index in [4.69, 9.17) is 0 Å². The molecule has 0 N–H and O–H groups in total. The Morgan fingerprint density at radius 3 is 0.875 bits per heavy atom. The van der Waals surface area contributed by atoms with E-state index in [1.165, 1.54) is 5.92 Å². The zero-order chi connectivity index (χ0) is 11.4. The molecule has 0 spiro atoms. The Morgan fingerprint density at radius 1 is 0.688 bits per heavy atom. The molecule has 0 unspecified atom stereocenters. The molecule has 2 rings (SSSR count). The van der Waals surface area contributed by atoms with Gasteiger partial charge in [0.05, 0.1) is 0 Å². The molecule has 0 atom stereocenters. The second-order valence-corrected chi connectivity index (χ2v) is 3.38. The van der Waals surface area contributed by atoms with Gasteiger partial charge in [-0.05, 0) is 64.2 Å². The summed E-state index contributed by atoms with van der Waals surface area (Å²) in [6.07, 6.45) is 21.0. The predicted molar refractivity (Wildman–Crippen MR) is 67.6 cm³/mol. The molecule has 2 aliphatic rings. The summed E-state index contributed by atoms with van der Waals surface area (Å²) in [6.45, 7) is 7.80. The van der Waals surface area contributed by atoms with E-state index < -0.39 is 0 Å². The van der Waals surface area contributed by atoms with Crippen molar-refractivity contribution in [2.75, 3.05) is 0 Å². The van der Waals surface area contributed by atoms with Crippen molar-refractivity contribution in [2.45, 2.75) is 20.3 Å². The SMILES string of the molecule is [CH2-]C[C-](C)C.[CH]1[CH][CH][CH][CH]1.[CH]1[CH][CH][CH][CH]1.[Ti+2]. The molecule has 0 aromatic heterocycles. The molecule has 0 amide bonds. The Balaban J connectivity index is 0. The van der Waals surface area contributed by atoms with Crippen LogP contribution < -0.4 is 0 Å². The first kappa shape index (κ1) is 19.1. The van der Waals surface area contributed by atoms with E-state index in [2.05, 4.69) is 20.8 Å². The molecule has 0 heterocycles. The predicted octanol–water partition coefficient (Wildman–Crippen LogP) is 3.87. The summed E-state index contributed by atoms with van der Waals surface area (Å²) in [5.41, 5.74) is 0. The third kappa shape index (κ3) is 17.1.